The smallest absolute Gasteiger partial charge is 0.292 e. The lowest BCUT2D eigenvalue weighted by Gasteiger charge is -2.31. The molecule has 6 nitrogen and oxygen atoms in total. The number of likely N-dealkylation sites (tertiary alicyclic amines) is 2. The summed E-state index contributed by atoms with van der Waals surface area (Å²) in [4.78, 5) is 16.8. The molecule has 0 spiro atoms. The monoisotopic (exact) mass is 369 g/mol. The van der Waals surface area contributed by atoms with Crippen LogP contribution in [0, 0.1) is 0 Å². The minimum Gasteiger partial charge on any atom is -0.497 e. The van der Waals surface area contributed by atoms with Gasteiger partial charge in [0.2, 0.25) is 5.76 Å². The Labute approximate surface area is 160 Å². The molecule has 2 aromatic rings. The van der Waals surface area contributed by atoms with Crippen molar-refractivity contribution in [2.45, 2.75) is 38.1 Å². The van der Waals surface area contributed by atoms with Crippen molar-refractivity contribution < 1.29 is 14.1 Å². The van der Waals surface area contributed by atoms with Gasteiger partial charge >= 0.3 is 0 Å². The van der Waals surface area contributed by atoms with Crippen LogP contribution in [-0.4, -0.2) is 54.2 Å². The highest BCUT2D eigenvalue weighted by atomic mass is 16.5. The number of hydrogen-bond acceptors (Lipinski definition) is 5. The fourth-order valence-electron chi connectivity index (χ4n) is 4.09. The first kappa shape index (κ1) is 18.0. The van der Waals surface area contributed by atoms with Crippen molar-refractivity contribution in [1.29, 1.82) is 0 Å². The van der Waals surface area contributed by atoms with E-state index < -0.39 is 0 Å². The summed E-state index contributed by atoms with van der Waals surface area (Å²) >= 11 is 0. The minimum atomic E-state index is -0.0165. The number of hydrogen-bond donors (Lipinski definition) is 0. The number of benzene rings is 1. The zero-order valence-electron chi connectivity index (χ0n) is 15.9. The molecule has 144 valence electrons. The molecule has 2 aliphatic rings. The molecule has 0 saturated carbocycles. The Hall–Kier alpha value is -2.34. The van der Waals surface area contributed by atoms with Gasteiger partial charge in [-0.25, -0.2) is 0 Å². The van der Waals surface area contributed by atoms with E-state index in [2.05, 4.69) is 22.2 Å². The zero-order chi connectivity index (χ0) is 18.6. The van der Waals surface area contributed by atoms with Gasteiger partial charge in [0, 0.05) is 38.2 Å². The molecule has 3 heterocycles. The van der Waals surface area contributed by atoms with Crippen LogP contribution in [0.1, 0.15) is 53.4 Å². The van der Waals surface area contributed by atoms with E-state index >= 15 is 0 Å². The van der Waals surface area contributed by atoms with E-state index in [0.717, 1.165) is 69.9 Å². The fraction of sp³-hybridized carbons (Fsp3) is 0.524. The number of carbonyl (C=O) groups is 1. The molecule has 1 unspecified atom stereocenters. The van der Waals surface area contributed by atoms with Crippen molar-refractivity contribution >= 4 is 5.91 Å². The van der Waals surface area contributed by atoms with E-state index in [4.69, 9.17) is 9.26 Å². The highest BCUT2D eigenvalue weighted by Gasteiger charge is 2.27. The normalized spacial score (nSPS) is 20.8. The fourth-order valence-corrected chi connectivity index (χ4v) is 4.09. The van der Waals surface area contributed by atoms with E-state index in [1.807, 2.05) is 23.1 Å². The number of ether oxygens (including phenoxy) is 1. The van der Waals surface area contributed by atoms with Gasteiger partial charge in [-0.3, -0.25) is 9.69 Å². The van der Waals surface area contributed by atoms with Crippen LogP contribution in [0.25, 0.3) is 0 Å². The average molecular weight is 369 g/mol. The van der Waals surface area contributed by atoms with Crippen molar-refractivity contribution in [3.63, 3.8) is 0 Å². The van der Waals surface area contributed by atoms with Gasteiger partial charge in [-0.15, -0.1) is 0 Å². The number of rotatable bonds is 5. The lowest BCUT2D eigenvalue weighted by atomic mass is 9.94. The van der Waals surface area contributed by atoms with Gasteiger partial charge in [-0.2, -0.15) is 0 Å². The van der Waals surface area contributed by atoms with Crippen molar-refractivity contribution in [2.75, 3.05) is 33.3 Å². The first-order valence-corrected chi connectivity index (χ1v) is 9.84. The third kappa shape index (κ3) is 4.16. The summed E-state index contributed by atoms with van der Waals surface area (Å²) in [5.74, 6) is 1.57. The molecular formula is C21H27N3O3. The van der Waals surface area contributed by atoms with Gasteiger partial charge in [-0.05, 0) is 49.9 Å². The van der Waals surface area contributed by atoms with Gasteiger partial charge in [0.25, 0.3) is 5.91 Å². The number of methoxy groups -OCH3 is 1. The average Bonchev–Trinajstić information content (AvgIpc) is 3.41. The molecule has 4 rings (SSSR count). The van der Waals surface area contributed by atoms with Crippen molar-refractivity contribution in [3.8, 4) is 5.75 Å². The Morgan fingerprint density at radius 2 is 1.96 bits per heavy atom. The van der Waals surface area contributed by atoms with Crippen molar-refractivity contribution in [3.05, 3.63) is 47.3 Å². The number of amides is 1. The SMILES string of the molecule is COc1ccc(CN2CCCC(c3cc(C(=O)N4CCCC4)on3)C2)cc1. The topological polar surface area (TPSA) is 58.8 Å². The van der Waals surface area contributed by atoms with E-state index in [0.29, 0.717) is 11.7 Å². The van der Waals surface area contributed by atoms with Crippen molar-refractivity contribution in [1.82, 2.24) is 15.0 Å². The molecule has 1 amide bonds. The summed E-state index contributed by atoms with van der Waals surface area (Å²) in [5.41, 5.74) is 2.19. The zero-order valence-corrected chi connectivity index (χ0v) is 15.9. The first-order valence-electron chi connectivity index (χ1n) is 9.84. The lowest BCUT2D eigenvalue weighted by Crippen LogP contribution is -2.34. The highest BCUT2D eigenvalue weighted by molar-refractivity contribution is 5.91. The van der Waals surface area contributed by atoms with Crippen LogP contribution >= 0.6 is 0 Å². The Kier molecular flexibility index (Phi) is 5.43. The largest absolute Gasteiger partial charge is 0.497 e. The minimum absolute atomic E-state index is 0.0165. The maximum atomic E-state index is 12.5. The molecule has 2 aliphatic heterocycles. The molecular weight excluding hydrogens is 342 g/mol. The van der Waals surface area contributed by atoms with E-state index in [9.17, 15) is 4.79 Å². The van der Waals surface area contributed by atoms with Gasteiger partial charge in [0.05, 0.1) is 12.8 Å². The van der Waals surface area contributed by atoms with Crippen LogP contribution < -0.4 is 4.74 Å². The van der Waals surface area contributed by atoms with Gasteiger partial charge in [-0.1, -0.05) is 17.3 Å². The second-order valence-corrected chi connectivity index (χ2v) is 7.54. The molecule has 1 atom stereocenters. The van der Waals surface area contributed by atoms with Gasteiger partial charge in [0.15, 0.2) is 0 Å². The van der Waals surface area contributed by atoms with Crippen LogP contribution in [-0.2, 0) is 6.54 Å². The predicted molar refractivity (Wildman–Crippen MR) is 102 cm³/mol. The molecule has 2 fully saturated rings. The first-order chi connectivity index (χ1) is 13.2. The van der Waals surface area contributed by atoms with Crippen LogP contribution in [0.2, 0.25) is 0 Å². The van der Waals surface area contributed by atoms with Gasteiger partial charge < -0.3 is 14.2 Å². The van der Waals surface area contributed by atoms with Crippen LogP contribution in [0.4, 0.5) is 0 Å². The molecule has 6 heteroatoms. The number of piperidine rings is 1. The Bertz CT molecular complexity index is 765. The standard InChI is InChI=1S/C21H27N3O3/c1-26-18-8-6-16(7-9-18)14-23-10-4-5-17(15-23)19-13-20(27-22-19)21(25)24-11-2-3-12-24/h6-9,13,17H,2-5,10-12,14-15H2,1H3. The summed E-state index contributed by atoms with van der Waals surface area (Å²) in [6, 6.07) is 10.1. The maximum absolute atomic E-state index is 12.5. The van der Waals surface area contributed by atoms with Crippen LogP contribution in [0.5, 0.6) is 5.75 Å². The summed E-state index contributed by atoms with van der Waals surface area (Å²) in [6.45, 7) is 4.59. The predicted octanol–water partition coefficient (Wildman–Crippen LogP) is 3.30. The lowest BCUT2D eigenvalue weighted by molar-refractivity contribution is 0.0751. The number of carbonyl (C=O) groups excluding carboxylic acids is 1. The molecule has 0 N–H and O–H groups in total. The summed E-state index contributed by atoms with van der Waals surface area (Å²) in [5, 5.41) is 4.23. The molecule has 0 radical (unpaired) electrons. The second-order valence-electron chi connectivity index (χ2n) is 7.54. The Balaban J connectivity index is 1.38. The highest BCUT2D eigenvalue weighted by Crippen LogP contribution is 2.28. The Morgan fingerprint density at radius 1 is 1.19 bits per heavy atom. The third-order valence-electron chi connectivity index (χ3n) is 5.62. The quantitative estimate of drug-likeness (QED) is 0.809. The molecule has 1 aromatic heterocycles. The second kappa shape index (κ2) is 8.13. The molecule has 27 heavy (non-hydrogen) atoms. The van der Waals surface area contributed by atoms with Crippen molar-refractivity contribution in [2.24, 2.45) is 0 Å². The van der Waals surface area contributed by atoms with Gasteiger partial charge in [0.1, 0.15) is 5.75 Å². The van der Waals surface area contributed by atoms with Crippen LogP contribution in [0.15, 0.2) is 34.9 Å². The maximum Gasteiger partial charge on any atom is 0.292 e. The Morgan fingerprint density at radius 3 is 2.70 bits per heavy atom. The molecule has 2 saturated heterocycles. The number of nitrogens with zero attached hydrogens (tertiary/aromatic N) is 3. The van der Waals surface area contributed by atoms with E-state index in [1.165, 1.54) is 5.56 Å². The molecule has 1 aromatic carbocycles. The van der Waals surface area contributed by atoms with Crippen LogP contribution in [0.3, 0.4) is 0 Å². The molecule has 0 bridgehead atoms. The van der Waals surface area contributed by atoms with E-state index in [-0.39, 0.29) is 5.91 Å². The summed E-state index contributed by atoms with van der Waals surface area (Å²) in [6.07, 6.45) is 4.37. The van der Waals surface area contributed by atoms with E-state index in [1.54, 1.807) is 7.11 Å². The summed E-state index contributed by atoms with van der Waals surface area (Å²) < 4.78 is 10.6. The number of aromatic nitrogens is 1. The summed E-state index contributed by atoms with van der Waals surface area (Å²) in [7, 11) is 1.69. The third-order valence-corrected chi connectivity index (χ3v) is 5.62. The molecule has 0 aliphatic carbocycles.